The van der Waals surface area contributed by atoms with Crippen LogP contribution in [0.1, 0.15) is 31.7 Å². The van der Waals surface area contributed by atoms with E-state index in [2.05, 4.69) is 23.3 Å². The molecule has 3 atom stereocenters. The number of nitrogens with zero attached hydrogens (tertiary/aromatic N) is 3. The number of nitrogens with one attached hydrogen (secondary N) is 1. The topological polar surface area (TPSA) is 114 Å². The van der Waals surface area contributed by atoms with Crippen LogP contribution in [0.15, 0.2) is 53.6 Å². The second-order valence-corrected chi connectivity index (χ2v) is 9.30. The van der Waals surface area contributed by atoms with Crippen LogP contribution in [0.2, 0.25) is 0 Å². The van der Waals surface area contributed by atoms with E-state index in [9.17, 15) is 13.7 Å². The van der Waals surface area contributed by atoms with E-state index in [0.717, 1.165) is 19.3 Å². The maximum Gasteiger partial charge on any atom is 0.271 e. The van der Waals surface area contributed by atoms with Gasteiger partial charge in [-0.1, -0.05) is 31.5 Å². The van der Waals surface area contributed by atoms with Crippen molar-refractivity contribution in [2.75, 3.05) is 5.32 Å². The summed E-state index contributed by atoms with van der Waals surface area (Å²) in [5.74, 6) is 0.822. The van der Waals surface area contributed by atoms with Crippen LogP contribution < -0.4 is 11.1 Å². The van der Waals surface area contributed by atoms with Gasteiger partial charge >= 0.3 is 0 Å². The molecular weight excluding hydrogens is 386 g/mol. The fraction of sp³-hybridized carbons (Fsp3) is 0.333. The van der Waals surface area contributed by atoms with E-state index in [-0.39, 0.29) is 17.0 Å². The van der Waals surface area contributed by atoms with Crippen LogP contribution in [-0.2, 0) is 10.0 Å². The minimum absolute atomic E-state index is 0.0828. The maximum atomic E-state index is 13.5. The number of rotatable bonds is 5. The van der Waals surface area contributed by atoms with Gasteiger partial charge in [0.2, 0.25) is 0 Å². The highest BCUT2D eigenvalue weighted by atomic mass is 32.2. The number of nitriles is 1. The normalized spacial score (nSPS) is 21.9. The predicted octanol–water partition coefficient (Wildman–Crippen LogP) is 3.07. The summed E-state index contributed by atoms with van der Waals surface area (Å²) in [6.45, 7) is 2.12. The number of anilines is 1. The Kier molecular flexibility index (Phi) is 5.03. The van der Waals surface area contributed by atoms with Crippen molar-refractivity contribution < 1.29 is 8.42 Å². The Balaban J connectivity index is 1.87. The Hall–Kier alpha value is -2.89. The first-order valence-electron chi connectivity index (χ1n) is 9.68. The summed E-state index contributed by atoms with van der Waals surface area (Å²) in [6.07, 6.45) is 4.05. The Morgan fingerprint density at radius 3 is 2.72 bits per heavy atom. The lowest BCUT2D eigenvalue weighted by Gasteiger charge is -2.21. The van der Waals surface area contributed by atoms with E-state index in [1.807, 2.05) is 0 Å². The predicted molar refractivity (Wildman–Crippen MR) is 112 cm³/mol. The summed E-state index contributed by atoms with van der Waals surface area (Å²) in [7, 11) is -3.87. The van der Waals surface area contributed by atoms with E-state index in [4.69, 9.17) is 5.73 Å². The van der Waals surface area contributed by atoms with Gasteiger partial charge in [-0.2, -0.15) is 5.26 Å². The number of hydrogen-bond donors (Lipinski definition) is 2. The molecule has 2 aromatic heterocycles. The summed E-state index contributed by atoms with van der Waals surface area (Å²) in [5.41, 5.74) is 6.84. The molecule has 0 bridgehead atoms. The van der Waals surface area contributed by atoms with Gasteiger partial charge in [-0.05, 0) is 43.0 Å². The van der Waals surface area contributed by atoms with Gasteiger partial charge in [-0.25, -0.2) is 17.4 Å². The lowest BCUT2D eigenvalue weighted by molar-refractivity contribution is 0.484. The zero-order valence-corrected chi connectivity index (χ0v) is 16.9. The molecule has 1 aliphatic carbocycles. The summed E-state index contributed by atoms with van der Waals surface area (Å²) < 4.78 is 28.2. The third kappa shape index (κ3) is 3.48. The van der Waals surface area contributed by atoms with E-state index >= 15 is 0 Å². The molecule has 8 heteroatoms. The molecule has 3 aromatic rings. The summed E-state index contributed by atoms with van der Waals surface area (Å²) >= 11 is 0. The van der Waals surface area contributed by atoms with Crippen molar-refractivity contribution in [1.82, 2.24) is 8.96 Å². The number of benzene rings is 1. The van der Waals surface area contributed by atoms with E-state index < -0.39 is 10.0 Å². The Bertz CT molecular complexity index is 1180. The van der Waals surface area contributed by atoms with Crippen molar-refractivity contribution in [3.05, 3.63) is 54.2 Å². The molecule has 3 N–H and O–H groups in total. The van der Waals surface area contributed by atoms with E-state index in [1.165, 1.54) is 10.2 Å². The summed E-state index contributed by atoms with van der Waals surface area (Å²) in [6, 6.07) is 13.9. The van der Waals surface area contributed by atoms with Crippen LogP contribution >= 0.6 is 0 Å². The molecule has 0 radical (unpaired) electrons. The molecule has 0 saturated heterocycles. The second-order valence-electron chi connectivity index (χ2n) is 7.51. The Morgan fingerprint density at radius 2 is 2.03 bits per heavy atom. The molecule has 0 amide bonds. The van der Waals surface area contributed by atoms with Gasteiger partial charge in [0, 0.05) is 23.7 Å². The highest BCUT2D eigenvalue weighted by molar-refractivity contribution is 7.90. The van der Waals surface area contributed by atoms with Crippen LogP contribution in [0, 0.1) is 17.2 Å². The first-order chi connectivity index (χ1) is 13.9. The first-order valence-corrected chi connectivity index (χ1v) is 11.1. The number of hydrogen-bond acceptors (Lipinski definition) is 6. The molecule has 7 nitrogen and oxygen atoms in total. The zero-order valence-electron chi connectivity index (χ0n) is 16.1. The molecule has 2 heterocycles. The molecule has 1 unspecified atom stereocenters. The van der Waals surface area contributed by atoms with Gasteiger partial charge in [0.15, 0.2) is 5.65 Å². The molecule has 1 aliphatic rings. The Morgan fingerprint density at radius 1 is 1.28 bits per heavy atom. The largest absolute Gasteiger partial charge is 0.367 e. The summed E-state index contributed by atoms with van der Waals surface area (Å²) in [5, 5.41) is 13.2. The molecule has 4 rings (SSSR count). The van der Waals surface area contributed by atoms with Crippen LogP contribution in [-0.4, -0.2) is 29.5 Å². The number of nitrogens with two attached hydrogens (primary N) is 1. The maximum absolute atomic E-state index is 13.5. The average Bonchev–Trinajstić information content (AvgIpc) is 3.27. The van der Waals surface area contributed by atoms with Crippen LogP contribution in [0.5, 0.6) is 0 Å². The fourth-order valence-electron chi connectivity index (χ4n) is 4.16. The second kappa shape index (κ2) is 7.50. The molecule has 1 aromatic carbocycles. The molecule has 150 valence electrons. The molecule has 1 fully saturated rings. The highest BCUT2D eigenvalue weighted by Gasteiger charge is 2.33. The highest BCUT2D eigenvalue weighted by Crippen LogP contribution is 2.34. The van der Waals surface area contributed by atoms with Crippen LogP contribution in [0.3, 0.4) is 0 Å². The molecule has 0 spiro atoms. The number of aromatic nitrogens is 2. The van der Waals surface area contributed by atoms with Gasteiger partial charge in [0.1, 0.15) is 11.9 Å². The van der Waals surface area contributed by atoms with Crippen molar-refractivity contribution >= 4 is 26.9 Å². The monoisotopic (exact) mass is 409 g/mol. The molecule has 1 saturated carbocycles. The molecule has 0 aliphatic heterocycles. The van der Waals surface area contributed by atoms with Gasteiger partial charge in [0.25, 0.3) is 10.0 Å². The van der Waals surface area contributed by atoms with Gasteiger partial charge in [-0.3, -0.25) is 0 Å². The summed E-state index contributed by atoms with van der Waals surface area (Å²) in [4.78, 5) is 4.47. The quantitative estimate of drug-likeness (QED) is 0.669. The van der Waals surface area contributed by atoms with Crippen molar-refractivity contribution in [2.45, 2.75) is 43.2 Å². The SMILES string of the molecule is CC[C@@H]1CC(N)C[C@@H]1Nc1cc2cc(C#N)cnc2n1S(=O)(=O)c1ccccc1. The minimum atomic E-state index is -3.87. The van der Waals surface area contributed by atoms with Crippen LogP contribution in [0.25, 0.3) is 11.0 Å². The van der Waals surface area contributed by atoms with Crippen molar-refractivity contribution in [2.24, 2.45) is 11.7 Å². The van der Waals surface area contributed by atoms with Crippen molar-refractivity contribution in [1.29, 1.82) is 5.26 Å². The average molecular weight is 410 g/mol. The third-order valence-electron chi connectivity index (χ3n) is 5.60. The minimum Gasteiger partial charge on any atom is -0.367 e. The lowest BCUT2D eigenvalue weighted by Crippen LogP contribution is -2.27. The first kappa shape index (κ1) is 19.4. The number of fused-ring (bicyclic) bond motifs is 1. The standard InChI is InChI=1S/C21H23N5O2S/c1-2-15-9-17(23)11-19(15)25-20-10-16-8-14(12-22)13-24-21(16)26(20)29(27,28)18-6-4-3-5-7-18/h3-8,10,13,15,17,19,25H,2,9,11,23H2,1H3/t15-,17?,19+/m1/s1. The van der Waals surface area contributed by atoms with Gasteiger partial charge in [0.05, 0.1) is 10.5 Å². The van der Waals surface area contributed by atoms with E-state index in [0.29, 0.717) is 28.3 Å². The van der Waals surface area contributed by atoms with Gasteiger partial charge < -0.3 is 11.1 Å². The fourth-order valence-corrected chi connectivity index (χ4v) is 5.62. The molecule has 29 heavy (non-hydrogen) atoms. The van der Waals surface area contributed by atoms with Gasteiger partial charge in [-0.15, -0.1) is 0 Å². The zero-order chi connectivity index (χ0) is 20.6. The number of pyridine rings is 1. The Labute approximate surface area is 170 Å². The third-order valence-corrected chi connectivity index (χ3v) is 7.32. The van der Waals surface area contributed by atoms with E-state index in [1.54, 1.807) is 42.5 Å². The van der Waals surface area contributed by atoms with Crippen LogP contribution in [0.4, 0.5) is 5.82 Å². The smallest absolute Gasteiger partial charge is 0.271 e. The lowest BCUT2D eigenvalue weighted by atomic mass is 10.0. The molecular formula is C21H23N5O2S. The van der Waals surface area contributed by atoms with Crippen molar-refractivity contribution in [3.63, 3.8) is 0 Å². The van der Waals surface area contributed by atoms with Crippen molar-refractivity contribution in [3.8, 4) is 6.07 Å².